The summed E-state index contributed by atoms with van der Waals surface area (Å²) in [6.07, 6.45) is 2.48. The van der Waals surface area contributed by atoms with Crippen molar-refractivity contribution in [3.05, 3.63) is 18.3 Å². The van der Waals surface area contributed by atoms with Crippen molar-refractivity contribution in [2.24, 2.45) is 0 Å². The molecule has 0 aromatic carbocycles. The third kappa shape index (κ3) is 2.72. The standard InChI is InChI=1S/C10H15BN2O3/c14-11(15)9-2-3-10(12-8-9)13-4-1-6-16-7-5-13/h2-3,8,14-15H,1,4-7H2. The Morgan fingerprint density at radius 1 is 1.25 bits per heavy atom. The molecule has 0 unspecified atom stereocenters. The van der Waals surface area contributed by atoms with Crippen molar-refractivity contribution in [1.29, 1.82) is 0 Å². The van der Waals surface area contributed by atoms with Crippen LogP contribution in [0.4, 0.5) is 5.82 Å². The monoisotopic (exact) mass is 222 g/mol. The van der Waals surface area contributed by atoms with Crippen molar-refractivity contribution in [2.75, 3.05) is 31.2 Å². The Morgan fingerprint density at radius 3 is 2.81 bits per heavy atom. The first kappa shape index (κ1) is 11.4. The molecule has 0 bridgehead atoms. The summed E-state index contributed by atoms with van der Waals surface area (Å²) in [4.78, 5) is 6.36. The molecule has 1 aromatic rings. The molecule has 2 heterocycles. The summed E-state index contributed by atoms with van der Waals surface area (Å²) in [5.74, 6) is 0.856. The molecule has 1 aliphatic heterocycles. The summed E-state index contributed by atoms with van der Waals surface area (Å²) in [6, 6.07) is 3.48. The molecule has 1 fully saturated rings. The highest BCUT2D eigenvalue weighted by Gasteiger charge is 2.14. The van der Waals surface area contributed by atoms with Crippen LogP contribution in [0.3, 0.4) is 0 Å². The van der Waals surface area contributed by atoms with Crippen LogP contribution in [0, 0.1) is 0 Å². The zero-order valence-corrected chi connectivity index (χ0v) is 9.04. The minimum absolute atomic E-state index is 0.412. The maximum Gasteiger partial charge on any atom is 0.490 e. The van der Waals surface area contributed by atoms with Gasteiger partial charge in [0.1, 0.15) is 5.82 Å². The van der Waals surface area contributed by atoms with Gasteiger partial charge in [0.15, 0.2) is 0 Å². The van der Waals surface area contributed by atoms with Gasteiger partial charge in [0.05, 0.1) is 6.61 Å². The van der Waals surface area contributed by atoms with E-state index in [2.05, 4.69) is 9.88 Å². The Labute approximate surface area is 94.8 Å². The van der Waals surface area contributed by atoms with Gasteiger partial charge in [-0.1, -0.05) is 6.07 Å². The number of anilines is 1. The highest BCUT2D eigenvalue weighted by Crippen LogP contribution is 2.10. The minimum Gasteiger partial charge on any atom is -0.423 e. The van der Waals surface area contributed by atoms with Crippen LogP contribution in [0.15, 0.2) is 18.3 Å². The van der Waals surface area contributed by atoms with Gasteiger partial charge in [0.2, 0.25) is 0 Å². The van der Waals surface area contributed by atoms with E-state index in [1.54, 1.807) is 12.1 Å². The fourth-order valence-electron chi connectivity index (χ4n) is 1.71. The highest BCUT2D eigenvalue weighted by molar-refractivity contribution is 6.58. The largest absolute Gasteiger partial charge is 0.490 e. The van der Waals surface area contributed by atoms with Crippen molar-refractivity contribution in [3.63, 3.8) is 0 Å². The average molecular weight is 222 g/mol. The van der Waals surface area contributed by atoms with Crippen LogP contribution in [-0.2, 0) is 4.74 Å². The molecule has 2 rings (SSSR count). The van der Waals surface area contributed by atoms with E-state index in [9.17, 15) is 0 Å². The lowest BCUT2D eigenvalue weighted by Crippen LogP contribution is -2.32. The number of hydrogen-bond acceptors (Lipinski definition) is 5. The number of hydrogen-bond donors (Lipinski definition) is 2. The Hall–Kier alpha value is -1.11. The van der Waals surface area contributed by atoms with E-state index in [-0.39, 0.29) is 0 Å². The maximum absolute atomic E-state index is 8.95. The molecular formula is C10H15BN2O3. The van der Waals surface area contributed by atoms with Crippen LogP contribution in [0.25, 0.3) is 0 Å². The normalized spacial score (nSPS) is 17.0. The molecule has 5 nitrogen and oxygen atoms in total. The molecule has 16 heavy (non-hydrogen) atoms. The van der Waals surface area contributed by atoms with E-state index in [0.29, 0.717) is 12.1 Å². The SMILES string of the molecule is OB(O)c1ccc(N2CCCOCC2)nc1. The molecule has 0 saturated carbocycles. The van der Waals surface area contributed by atoms with Gasteiger partial charge in [-0.2, -0.15) is 0 Å². The number of ether oxygens (including phenoxy) is 1. The highest BCUT2D eigenvalue weighted by atomic mass is 16.5. The molecular weight excluding hydrogens is 207 g/mol. The lowest BCUT2D eigenvalue weighted by molar-refractivity contribution is 0.152. The Bertz CT molecular complexity index is 323. The van der Waals surface area contributed by atoms with E-state index < -0.39 is 7.12 Å². The second-order valence-electron chi connectivity index (χ2n) is 3.78. The molecule has 1 saturated heterocycles. The number of aromatic nitrogens is 1. The summed E-state index contributed by atoms with van der Waals surface area (Å²) in [5, 5.41) is 17.9. The molecule has 0 aliphatic carbocycles. The summed E-state index contributed by atoms with van der Waals surface area (Å²) >= 11 is 0. The first-order valence-electron chi connectivity index (χ1n) is 5.42. The quantitative estimate of drug-likeness (QED) is 0.627. The summed E-state index contributed by atoms with van der Waals surface area (Å²) < 4.78 is 5.36. The molecule has 0 amide bonds. The van der Waals surface area contributed by atoms with E-state index in [1.807, 2.05) is 0 Å². The van der Waals surface area contributed by atoms with Gasteiger partial charge in [-0.3, -0.25) is 0 Å². The van der Waals surface area contributed by atoms with Gasteiger partial charge in [-0.15, -0.1) is 0 Å². The van der Waals surface area contributed by atoms with Crippen LogP contribution in [0.1, 0.15) is 6.42 Å². The fraction of sp³-hybridized carbons (Fsp3) is 0.500. The molecule has 1 aliphatic rings. The van der Waals surface area contributed by atoms with Crippen molar-refractivity contribution >= 4 is 18.4 Å². The zero-order valence-electron chi connectivity index (χ0n) is 9.04. The predicted octanol–water partition coefficient (Wildman–Crippen LogP) is -1.01. The summed E-state index contributed by atoms with van der Waals surface area (Å²) in [6.45, 7) is 3.26. The summed E-state index contributed by atoms with van der Waals surface area (Å²) in [7, 11) is -1.45. The van der Waals surface area contributed by atoms with Crippen molar-refractivity contribution < 1.29 is 14.8 Å². The second kappa shape index (κ2) is 5.29. The third-order valence-electron chi connectivity index (χ3n) is 2.62. The van der Waals surface area contributed by atoms with Gasteiger partial charge in [0.25, 0.3) is 0 Å². The molecule has 0 atom stereocenters. The van der Waals surface area contributed by atoms with Crippen molar-refractivity contribution in [1.82, 2.24) is 4.98 Å². The number of rotatable bonds is 2. The Balaban J connectivity index is 2.07. The topological polar surface area (TPSA) is 65.8 Å². The molecule has 2 N–H and O–H groups in total. The van der Waals surface area contributed by atoms with Crippen molar-refractivity contribution in [3.8, 4) is 0 Å². The van der Waals surface area contributed by atoms with E-state index in [0.717, 1.165) is 31.9 Å². The second-order valence-corrected chi connectivity index (χ2v) is 3.78. The average Bonchev–Trinajstić information content (AvgIpc) is 2.57. The van der Waals surface area contributed by atoms with Crippen LogP contribution < -0.4 is 10.4 Å². The molecule has 86 valence electrons. The third-order valence-corrected chi connectivity index (χ3v) is 2.62. The fourth-order valence-corrected chi connectivity index (χ4v) is 1.71. The smallest absolute Gasteiger partial charge is 0.423 e. The van der Waals surface area contributed by atoms with E-state index in [1.165, 1.54) is 6.20 Å². The van der Waals surface area contributed by atoms with Crippen LogP contribution >= 0.6 is 0 Å². The molecule has 0 spiro atoms. The summed E-state index contributed by atoms with van der Waals surface area (Å²) in [5.41, 5.74) is 0.412. The van der Waals surface area contributed by atoms with Crippen LogP contribution in [-0.4, -0.2) is 48.5 Å². The first-order chi connectivity index (χ1) is 7.77. The molecule has 6 heteroatoms. The predicted molar refractivity (Wildman–Crippen MR) is 61.7 cm³/mol. The maximum atomic E-state index is 8.95. The lowest BCUT2D eigenvalue weighted by Gasteiger charge is -2.20. The van der Waals surface area contributed by atoms with Gasteiger partial charge in [-0.05, 0) is 12.5 Å². The number of pyridine rings is 1. The van der Waals surface area contributed by atoms with Gasteiger partial charge in [-0.25, -0.2) is 4.98 Å². The van der Waals surface area contributed by atoms with Crippen LogP contribution in [0.5, 0.6) is 0 Å². The number of nitrogens with zero attached hydrogens (tertiary/aromatic N) is 2. The van der Waals surface area contributed by atoms with Gasteiger partial charge >= 0.3 is 7.12 Å². The van der Waals surface area contributed by atoms with Crippen molar-refractivity contribution in [2.45, 2.75) is 6.42 Å². The van der Waals surface area contributed by atoms with E-state index >= 15 is 0 Å². The lowest BCUT2D eigenvalue weighted by atomic mass is 9.82. The Morgan fingerprint density at radius 2 is 2.12 bits per heavy atom. The first-order valence-corrected chi connectivity index (χ1v) is 5.42. The zero-order chi connectivity index (χ0) is 11.4. The van der Waals surface area contributed by atoms with E-state index in [4.69, 9.17) is 14.8 Å². The van der Waals surface area contributed by atoms with Gasteiger partial charge in [0, 0.05) is 31.4 Å². The minimum atomic E-state index is -1.45. The molecule has 1 aromatic heterocycles. The molecule has 0 radical (unpaired) electrons. The van der Waals surface area contributed by atoms with Crippen LogP contribution in [0.2, 0.25) is 0 Å². The van der Waals surface area contributed by atoms with Gasteiger partial charge < -0.3 is 19.7 Å². The Kier molecular flexibility index (Phi) is 3.76.